The first-order chi connectivity index (χ1) is 5.69. The Kier molecular flexibility index (Phi) is 3.64. The average molecular weight is 298 g/mol. The molecule has 0 saturated carbocycles. The third kappa shape index (κ3) is 2.04. The Hall–Kier alpha value is 0.0300. The summed E-state index contributed by atoms with van der Waals surface area (Å²) in [4.78, 5) is 0.835. The number of methoxy groups -OCH3 is 1. The van der Waals surface area contributed by atoms with E-state index < -0.39 is 0 Å². The lowest BCUT2D eigenvalue weighted by Gasteiger charge is -2.07. The summed E-state index contributed by atoms with van der Waals surface area (Å²) in [6.07, 6.45) is 1.90. The van der Waals surface area contributed by atoms with Gasteiger partial charge in [0, 0.05) is 0 Å². The average Bonchev–Trinajstić information content (AvgIpc) is 2.03. The summed E-state index contributed by atoms with van der Waals surface area (Å²) in [7, 11) is 1.59. The molecule has 0 saturated heterocycles. The van der Waals surface area contributed by atoms with Crippen molar-refractivity contribution in [1.82, 2.24) is 0 Å². The van der Waals surface area contributed by atoms with Crippen molar-refractivity contribution in [3.63, 3.8) is 0 Å². The van der Waals surface area contributed by atoms with Gasteiger partial charge in [0.1, 0.15) is 11.6 Å². The van der Waals surface area contributed by atoms with Gasteiger partial charge in [-0.25, -0.2) is 4.39 Å². The fourth-order valence-electron chi connectivity index (χ4n) is 0.886. The van der Waals surface area contributed by atoms with Crippen molar-refractivity contribution >= 4 is 34.4 Å². The van der Waals surface area contributed by atoms with Crippen LogP contribution in [0.3, 0.4) is 0 Å². The highest BCUT2D eigenvalue weighted by Crippen LogP contribution is 2.32. The van der Waals surface area contributed by atoms with Gasteiger partial charge < -0.3 is 4.74 Å². The van der Waals surface area contributed by atoms with E-state index in [2.05, 4.69) is 22.6 Å². The summed E-state index contributed by atoms with van der Waals surface area (Å²) >= 11 is 3.54. The Morgan fingerprint density at radius 1 is 1.50 bits per heavy atom. The van der Waals surface area contributed by atoms with Gasteiger partial charge in [0.05, 0.1) is 15.6 Å². The van der Waals surface area contributed by atoms with Gasteiger partial charge in [-0.3, -0.25) is 0 Å². The molecule has 0 N–H and O–H groups in total. The summed E-state index contributed by atoms with van der Waals surface area (Å²) in [6.45, 7) is 0. The molecule has 12 heavy (non-hydrogen) atoms. The maximum absolute atomic E-state index is 12.9. The molecule has 0 spiro atoms. The maximum Gasteiger partial charge on any atom is 0.145 e. The lowest BCUT2D eigenvalue weighted by molar-refractivity contribution is 0.400. The standard InChI is InChI=1S/C8H8FIOS/c1-11-8-6(10)3-5(9)4-7(8)12-2/h3-4H,1-2H3. The monoisotopic (exact) mass is 298 g/mol. The second-order valence-electron chi connectivity index (χ2n) is 2.12. The molecule has 1 rings (SSSR count). The topological polar surface area (TPSA) is 9.23 Å². The number of benzene rings is 1. The molecule has 0 aromatic heterocycles. The largest absolute Gasteiger partial charge is 0.494 e. The third-order valence-electron chi connectivity index (χ3n) is 1.40. The molecule has 4 heteroatoms. The Bertz CT molecular complexity index is 291. The summed E-state index contributed by atoms with van der Waals surface area (Å²) in [5.41, 5.74) is 0. The Morgan fingerprint density at radius 2 is 2.17 bits per heavy atom. The van der Waals surface area contributed by atoms with Crippen molar-refractivity contribution in [2.75, 3.05) is 13.4 Å². The first-order valence-electron chi connectivity index (χ1n) is 3.26. The van der Waals surface area contributed by atoms with Gasteiger partial charge in [0.25, 0.3) is 0 Å². The molecular formula is C8H8FIOS. The van der Waals surface area contributed by atoms with Crippen molar-refractivity contribution in [3.8, 4) is 5.75 Å². The highest BCUT2D eigenvalue weighted by atomic mass is 127. The number of thioether (sulfide) groups is 1. The zero-order chi connectivity index (χ0) is 9.14. The molecule has 0 aliphatic rings. The van der Waals surface area contributed by atoms with Crippen LogP contribution in [0.2, 0.25) is 0 Å². The number of hydrogen-bond acceptors (Lipinski definition) is 2. The fraction of sp³-hybridized carbons (Fsp3) is 0.250. The predicted molar refractivity (Wildman–Crippen MR) is 57.5 cm³/mol. The van der Waals surface area contributed by atoms with E-state index in [4.69, 9.17) is 4.74 Å². The minimum Gasteiger partial charge on any atom is -0.494 e. The molecule has 0 fully saturated rings. The molecule has 0 amide bonds. The van der Waals surface area contributed by atoms with Crippen molar-refractivity contribution < 1.29 is 9.13 Å². The number of rotatable bonds is 2. The molecule has 66 valence electrons. The minimum atomic E-state index is -0.218. The molecule has 0 atom stereocenters. The summed E-state index contributed by atoms with van der Waals surface area (Å²) in [6, 6.07) is 2.94. The molecule has 0 heterocycles. The van der Waals surface area contributed by atoms with E-state index in [1.165, 1.54) is 23.9 Å². The highest BCUT2D eigenvalue weighted by Gasteiger charge is 2.08. The molecule has 1 aromatic carbocycles. The van der Waals surface area contributed by atoms with Crippen LogP contribution < -0.4 is 4.74 Å². The SMILES string of the molecule is COc1c(I)cc(F)cc1SC. The van der Waals surface area contributed by atoms with E-state index in [-0.39, 0.29) is 5.82 Å². The van der Waals surface area contributed by atoms with Crippen LogP contribution in [0.4, 0.5) is 4.39 Å². The summed E-state index contributed by atoms with van der Waals surface area (Å²) in [5.74, 6) is 0.536. The smallest absolute Gasteiger partial charge is 0.145 e. The molecule has 0 bridgehead atoms. The second-order valence-corrected chi connectivity index (χ2v) is 4.13. The third-order valence-corrected chi connectivity index (χ3v) is 2.94. The Morgan fingerprint density at radius 3 is 2.67 bits per heavy atom. The van der Waals surface area contributed by atoms with Gasteiger partial charge in [0.15, 0.2) is 0 Å². The van der Waals surface area contributed by atoms with Gasteiger partial charge in [-0.2, -0.15) is 0 Å². The first-order valence-corrected chi connectivity index (χ1v) is 5.56. The van der Waals surface area contributed by atoms with Crippen LogP contribution in [0.25, 0.3) is 0 Å². The van der Waals surface area contributed by atoms with Gasteiger partial charge in [-0.1, -0.05) is 0 Å². The molecule has 0 aliphatic heterocycles. The van der Waals surface area contributed by atoms with Crippen molar-refractivity contribution in [1.29, 1.82) is 0 Å². The lowest BCUT2D eigenvalue weighted by atomic mass is 10.3. The van der Waals surface area contributed by atoms with Gasteiger partial charge >= 0.3 is 0 Å². The van der Waals surface area contributed by atoms with Crippen molar-refractivity contribution in [2.24, 2.45) is 0 Å². The van der Waals surface area contributed by atoms with Gasteiger partial charge in [-0.15, -0.1) is 11.8 Å². The van der Waals surface area contributed by atoms with Crippen LogP contribution in [0, 0.1) is 9.39 Å². The molecule has 0 radical (unpaired) electrons. The summed E-state index contributed by atoms with van der Waals surface area (Å²) < 4.78 is 18.8. The minimum absolute atomic E-state index is 0.218. The van der Waals surface area contributed by atoms with Gasteiger partial charge in [0.2, 0.25) is 0 Å². The zero-order valence-corrected chi connectivity index (χ0v) is 9.70. The number of halogens is 2. The van der Waals surface area contributed by atoms with Crippen molar-refractivity contribution in [2.45, 2.75) is 4.90 Å². The Balaban J connectivity index is 3.24. The van der Waals surface area contributed by atoms with E-state index in [1.54, 1.807) is 7.11 Å². The molecule has 0 unspecified atom stereocenters. The van der Waals surface area contributed by atoms with Crippen LogP contribution in [-0.2, 0) is 0 Å². The molecule has 1 aromatic rings. The van der Waals surface area contributed by atoms with Crippen molar-refractivity contribution in [3.05, 3.63) is 21.5 Å². The van der Waals surface area contributed by atoms with Crippen LogP contribution in [0.15, 0.2) is 17.0 Å². The predicted octanol–water partition coefficient (Wildman–Crippen LogP) is 3.16. The normalized spacial score (nSPS) is 10.0. The van der Waals surface area contributed by atoms with Crippen LogP contribution in [-0.4, -0.2) is 13.4 Å². The van der Waals surface area contributed by atoms with Crippen LogP contribution in [0.5, 0.6) is 5.75 Å². The van der Waals surface area contributed by atoms with E-state index in [1.807, 2.05) is 6.26 Å². The number of hydrogen-bond donors (Lipinski definition) is 0. The second kappa shape index (κ2) is 4.32. The van der Waals surface area contributed by atoms with Gasteiger partial charge in [-0.05, 0) is 41.0 Å². The van der Waals surface area contributed by atoms with E-state index in [0.717, 1.165) is 14.2 Å². The quantitative estimate of drug-likeness (QED) is 0.613. The van der Waals surface area contributed by atoms with Crippen LogP contribution >= 0.6 is 34.4 Å². The Labute approximate surface area is 88.8 Å². The molecule has 1 nitrogen and oxygen atoms in total. The molecule has 0 aliphatic carbocycles. The maximum atomic E-state index is 12.9. The highest BCUT2D eigenvalue weighted by molar-refractivity contribution is 14.1. The van der Waals surface area contributed by atoms with E-state index in [0.29, 0.717) is 0 Å². The number of ether oxygens (including phenoxy) is 1. The van der Waals surface area contributed by atoms with E-state index in [9.17, 15) is 4.39 Å². The zero-order valence-electron chi connectivity index (χ0n) is 6.73. The fourth-order valence-corrected chi connectivity index (χ4v) is 2.49. The van der Waals surface area contributed by atoms with E-state index >= 15 is 0 Å². The lowest BCUT2D eigenvalue weighted by Crippen LogP contribution is -1.91. The summed E-state index contributed by atoms with van der Waals surface area (Å²) in [5, 5.41) is 0. The molecular weight excluding hydrogens is 290 g/mol. The van der Waals surface area contributed by atoms with Crippen LogP contribution in [0.1, 0.15) is 0 Å². The first kappa shape index (κ1) is 10.1.